The molecule has 0 fully saturated rings. The molecule has 1 N–H and O–H groups in total. The summed E-state index contributed by atoms with van der Waals surface area (Å²) in [5.41, 5.74) is 0. The van der Waals surface area contributed by atoms with Crippen LogP contribution in [0.2, 0.25) is 5.02 Å². The van der Waals surface area contributed by atoms with Crippen LogP contribution < -0.4 is 10.1 Å². The fourth-order valence-corrected chi connectivity index (χ4v) is 1.80. The average molecular weight is 297 g/mol. The Morgan fingerprint density at radius 3 is 2.93 bits per heavy atom. The first-order valence-corrected chi connectivity index (χ1v) is 5.74. The zero-order chi connectivity index (χ0) is 11.3. The maximum absolute atomic E-state index is 13.1. The van der Waals surface area contributed by atoms with Gasteiger partial charge in [-0.2, -0.15) is 0 Å². The van der Waals surface area contributed by atoms with Crippen LogP contribution in [0.5, 0.6) is 5.75 Å². The molecule has 1 rings (SSSR count). The van der Waals surface area contributed by atoms with Crippen LogP contribution in [0.15, 0.2) is 16.6 Å². The van der Waals surface area contributed by atoms with E-state index in [0.717, 1.165) is 13.0 Å². The van der Waals surface area contributed by atoms with Crippen molar-refractivity contribution < 1.29 is 9.13 Å². The highest BCUT2D eigenvalue weighted by Gasteiger charge is 2.07. The molecule has 0 radical (unpaired) electrons. The molecule has 0 saturated heterocycles. The quantitative estimate of drug-likeness (QED) is 0.665. The summed E-state index contributed by atoms with van der Waals surface area (Å²) in [6, 6.07) is 2.77. The van der Waals surface area contributed by atoms with Crippen molar-refractivity contribution >= 4 is 27.5 Å². The second-order valence-corrected chi connectivity index (χ2v) is 4.26. The Morgan fingerprint density at radius 2 is 2.27 bits per heavy atom. The van der Waals surface area contributed by atoms with E-state index in [9.17, 15) is 4.39 Å². The third-order valence-electron chi connectivity index (χ3n) is 1.80. The number of nitrogens with one attached hydrogen (secondary N) is 1. The summed E-state index contributed by atoms with van der Waals surface area (Å²) in [4.78, 5) is 0. The molecule has 0 bridgehead atoms. The van der Waals surface area contributed by atoms with E-state index in [-0.39, 0.29) is 5.02 Å². The topological polar surface area (TPSA) is 21.3 Å². The van der Waals surface area contributed by atoms with E-state index in [1.165, 1.54) is 12.1 Å². The van der Waals surface area contributed by atoms with Gasteiger partial charge in [0.1, 0.15) is 11.6 Å². The van der Waals surface area contributed by atoms with Crippen molar-refractivity contribution in [3.8, 4) is 5.75 Å². The van der Waals surface area contributed by atoms with Crippen LogP contribution in [0.1, 0.15) is 6.42 Å². The molecular weight excluding hydrogens is 284 g/mol. The number of rotatable bonds is 5. The van der Waals surface area contributed by atoms with Crippen molar-refractivity contribution in [1.82, 2.24) is 5.32 Å². The summed E-state index contributed by atoms with van der Waals surface area (Å²) >= 11 is 8.86. The van der Waals surface area contributed by atoms with Gasteiger partial charge in [0.2, 0.25) is 0 Å². The lowest BCUT2D eigenvalue weighted by atomic mass is 10.3. The monoisotopic (exact) mass is 295 g/mol. The summed E-state index contributed by atoms with van der Waals surface area (Å²) in [5.74, 6) is 0.0106. The molecule has 0 unspecified atom stereocenters. The smallest absolute Gasteiger partial charge is 0.145 e. The number of ether oxygens (including phenoxy) is 1. The molecular formula is C10H12BrClFNO. The molecule has 84 valence electrons. The van der Waals surface area contributed by atoms with Crippen LogP contribution in [0.4, 0.5) is 4.39 Å². The van der Waals surface area contributed by atoms with E-state index in [4.69, 9.17) is 16.3 Å². The first kappa shape index (κ1) is 12.7. The maximum Gasteiger partial charge on any atom is 0.145 e. The minimum absolute atomic E-state index is 0.0875. The predicted octanol–water partition coefficient (Wildman–Crippen LogP) is 3.23. The lowest BCUT2D eigenvalue weighted by Crippen LogP contribution is -2.11. The van der Waals surface area contributed by atoms with Crippen molar-refractivity contribution in [2.75, 3.05) is 20.2 Å². The van der Waals surface area contributed by atoms with Crippen molar-refractivity contribution in [3.05, 3.63) is 27.4 Å². The van der Waals surface area contributed by atoms with E-state index in [2.05, 4.69) is 21.2 Å². The molecule has 0 aliphatic carbocycles. The molecule has 1 aromatic rings. The normalized spacial score (nSPS) is 10.4. The molecule has 0 saturated carbocycles. The molecule has 0 aromatic heterocycles. The second-order valence-electron chi connectivity index (χ2n) is 3.00. The Labute approximate surface area is 102 Å². The van der Waals surface area contributed by atoms with Gasteiger partial charge in [0.25, 0.3) is 0 Å². The number of halogens is 3. The van der Waals surface area contributed by atoms with Gasteiger partial charge in [-0.3, -0.25) is 0 Å². The third kappa shape index (κ3) is 3.97. The van der Waals surface area contributed by atoms with Gasteiger partial charge in [-0.15, -0.1) is 0 Å². The largest absolute Gasteiger partial charge is 0.492 e. The van der Waals surface area contributed by atoms with E-state index in [1.54, 1.807) is 0 Å². The summed E-state index contributed by atoms with van der Waals surface area (Å²) < 4.78 is 19.1. The fourth-order valence-electron chi connectivity index (χ4n) is 1.05. The highest BCUT2D eigenvalue weighted by atomic mass is 79.9. The van der Waals surface area contributed by atoms with Crippen LogP contribution in [0.3, 0.4) is 0 Å². The Bertz CT molecular complexity index is 335. The summed E-state index contributed by atoms with van der Waals surface area (Å²) in [6.07, 6.45) is 0.868. The Morgan fingerprint density at radius 1 is 1.53 bits per heavy atom. The maximum atomic E-state index is 13.1. The Balaban J connectivity index is 2.57. The second kappa shape index (κ2) is 6.30. The van der Waals surface area contributed by atoms with Crippen molar-refractivity contribution in [2.45, 2.75) is 6.42 Å². The van der Waals surface area contributed by atoms with Gasteiger partial charge in [-0.1, -0.05) is 11.6 Å². The predicted molar refractivity (Wildman–Crippen MR) is 63.1 cm³/mol. The lowest BCUT2D eigenvalue weighted by Gasteiger charge is -2.08. The summed E-state index contributed by atoms with van der Waals surface area (Å²) in [5, 5.41) is 3.09. The minimum Gasteiger partial charge on any atom is -0.492 e. The Kier molecular flexibility index (Phi) is 5.36. The molecule has 0 heterocycles. The average Bonchev–Trinajstić information content (AvgIpc) is 2.20. The number of hydrogen-bond donors (Lipinski definition) is 1. The highest BCUT2D eigenvalue weighted by Crippen LogP contribution is 2.30. The van der Waals surface area contributed by atoms with Crippen LogP contribution in [0.25, 0.3) is 0 Å². The zero-order valence-electron chi connectivity index (χ0n) is 8.32. The van der Waals surface area contributed by atoms with Crippen LogP contribution >= 0.6 is 27.5 Å². The van der Waals surface area contributed by atoms with Gasteiger partial charge >= 0.3 is 0 Å². The molecule has 1 aromatic carbocycles. The lowest BCUT2D eigenvalue weighted by molar-refractivity contribution is 0.306. The molecule has 0 spiro atoms. The molecule has 2 nitrogen and oxygen atoms in total. The first-order valence-electron chi connectivity index (χ1n) is 4.57. The van der Waals surface area contributed by atoms with Gasteiger partial charge < -0.3 is 10.1 Å². The van der Waals surface area contributed by atoms with Gasteiger partial charge in [0, 0.05) is 6.07 Å². The van der Waals surface area contributed by atoms with E-state index in [1.807, 2.05) is 7.05 Å². The molecule has 0 aliphatic heterocycles. The van der Waals surface area contributed by atoms with Crippen molar-refractivity contribution in [1.29, 1.82) is 0 Å². The molecule has 5 heteroatoms. The van der Waals surface area contributed by atoms with E-state index < -0.39 is 5.82 Å². The van der Waals surface area contributed by atoms with E-state index >= 15 is 0 Å². The number of benzene rings is 1. The SMILES string of the molecule is CNCCCOc1cc(F)c(Cl)cc1Br. The van der Waals surface area contributed by atoms with Crippen molar-refractivity contribution in [3.63, 3.8) is 0 Å². The molecule has 15 heavy (non-hydrogen) atoms. The zero-order valence-corrected chi connectivity index (χ0v) is 10.7. The van der Waals surface area contributed by atoms with Crippen LogP contribution in [-0.4, -0.2) is 20.2 Å². The van der Waals surface area contributed by atoms with E-state index in [0.29, 0.717) is 16.8 Å². The van der Waals surface area contributed by atoms with Gasteiger partial charge in [-0.05, 0) is 42.0 Å². The van der Waals surface area contributed by atoms with Gasteiger partial charge in [-0.25, -0.2) is 4.39 Å². The number of hydrogen-bond acceptors (Lipinski definition) is 2. The molecule has 0 amide bonds. The fraction of sp³-hybridized carbons (Fsp3) is 0.400. The van der Waals surface area contributed by atoms with Crippen LogP contribution in [-0.2, 0) is 0 Å². The standard InChI is InChI=1S/C10H12BrClFNO/c1-14-3-2-4-15-10-6-9(13)8(12)5-7(10)11/h5-6,14H,2-4H2,1H3. The summed E-state index contributed by atoms with van der Waals surface area (Å²) in [6.45, 7) is 1.41. The van der Waals surface area contributed by atoms with Gasteiger partial charge in [0.15, 0.2) is 0 Å². The highest BCUT2D eigenvalue weighted by molar-refractivity contribution is 9.10. The van der Waals surface area contributed by atoms with Crippen molar-refractivity contribution in [2.24, 2.45) is 0 Å². The molecule has 0 atom stereocenters. The van der Waals surface area contributed by atoms with Crippen LogP contribution in [0, 0.1) is 5.82 Å². The first-order chi connectivity index (χ1) is 7.15. The minimum atomic E-state index is -0.469. The Hall–Kier alpha value is -0.320. The van der Waals surface area contributed by atoms with Gasteiger partial charge in [0.05, 0.1) is 16.1 Å². The third-order valence-corrected chi connectivity index (χ3v) is 2.71. The molecule has 0 aliphatic rings. The summed E-state index contributed by atoms with van der Waals surface area (Å²) in [7, 11) is 1.87.